The molecule has 0 spiro atoms. The zero-order valence-electron chi connectivity index (χ0n) is 13.9. The predicted molar refractivity (Wildman–Crippen MR) is 99.8 cm³/mol. The molecule has 3 rings (SSSR count). The van der Waals surface area contributed by atoms with Crippen LogP contribution in [0.3, 0.4) is 0 Å². The van der Waals surface area contributed by atoms with Crippen LogP contribution in [0.1, 0.15) is 11.1 Å². The summed E-state index contributed by atoms with van der Waals surface area (Å²) in [6, 6.07) is 12.5. The number of benzene rings is 2. The molecular formula is C19H18Cl2NO3+. The van der Waals surface area contributed by atoms with Crippen LogP contribution in [0.15, 0.2) is 51.7 Å². The highest BCUT2D eigenvalue weighted by Gasteiger charge is 2.13. The topological polar surface area (TPSA) is 43.9 Å². The number of rotatable bonds is 5. The SMILES string of the molecule is COc1ccc2c(C[NH+](C)Cc3ccc(Cl)cc3Cl)cc(=O)oc2c1. The number of methoxy groups -OCH3 is 1. The largest absolute Gasteiger partial charge is 0.497 e. The van der Waals surface area contributed by atoms with Crippen LogP contribution in [-0.2, 0) is 13.1 Å². The quantitative estimate of drug-likeness (QED) is 0.692. The van der Waals surface area contributed by atoms with Crippen LogP contribution >= 0.6 is 23.2 Å². The highest BCUT2D eigenvalue weighted by molar-refractivity contribution is 6.35. The Morgan fingerprint density at radius 1 is 1.04 bits per heavy atom. The van der Waals surface area contributed by atoms with Crippen molar-refractivity contribution >= 4 is 34.2 Å². The van der Waals surface area contributed by atoms with Gasteiger partial charge >= 0.3 is 5.63 Å². The molecule has 1 aromatic heterocycles. The van der Waals surface area contributed by atoms with Crippen molar-refractivity contribution in [2.45, 2.75) is 13.1 Å². The first-order valence-electron chi connectivity index (χ1n) is 7.82. The molecule has 0 saturated carbocycles. The first-order valence-corrected chi connectivity index (χ1v) is 8.58. The normalized spacial score (nSPS) is 12.3. The zero-order chi connectivity index (χ0) is 18.0. The smallest absolute Gasteiger partial charge is 0.336 e. The summed E-state index contributed by atoms with van der Waals surface area (Å²) in [6.07, 6.45) is 0. The van der Waals surface area contributed by atoms with Gasteiger partial charge in [0.25, 0.3) is 0 Å². The Bertz CT molecular complexity index is 969. The number of fused-ring (bicyclic) bond motifs is 1. The minimum Gasteiger partial charge on any atom is -0.497 e. The second-order valence-electron chi connectivity index (χ2n) is 6.00. The molecule has 25 heavy (non-hydrogen) atoms. The monoisotopic (exact) mass is 378 g/mol. The lowest BCUT2D eigenvalue weighted by Gasteiger charge is -2.16. The maximum Gasteiger partial charge on any atom is 0.336 e. The second kappa shape index (κ2) is 7.48. The van der Waals surface area contributed by atoms with Gasteiger partial charge in [0.15, 0.2) is 0 Å². The lowest BCUT2D eigenvalue weighted by Crippen LogP contribution is -3.06. The Hall–Kier alpha value is -2.01. The molecular weight excluding hydrogens is 361 g/mol. The van der Waals surface area contributed by atoms with Crippen molar-refractivity contribution in [3.05, 3.63) is 74.1 Å². The molecule has 0 aliphatic heterocycles. The highest BCUT2D eigenvalue weighted by atomic mass is 35.5. The summed E-state index contributed by atoms with van der Waals surface area (Å²) in [6.45, 7) is 1.38. The van der Waals surface area contributed by atoms with Crippen LogP contribution in [-0.4, -0.2) is 14.2 Å². The van der Waals surface area contributed by atoms with Crippen LogP contribution in [0.4, 0.5) is 0 Å². The molecule has 0 saturated heterocycles. The fraction of sp³-hybridized carbons (Fsp3) is 0.211. The van der Waals surface area contributed by atoms with Crippen molar-refractivity contribution in [1.29, 1.82) is 0 Å². The summed E-state index contributed by atoms with van der Waals surface area (Å²) in [5, 5.41) is 2.17. The van der Waals surface area contributed by atoms with E-state index in [1.807, 2.05) is 24.3 Å². The van der Waals surface area contributed by atoms with E-state index < -0.39 is 0 Å². The molecule has 0 aliphatic rings. The fourth-order valence-electron chi connectivity index (χ4n) is 2.86. The van der Waals surface area contributed by atoms with Crippen molar-refractivity contribution in [2.75, 3.05) is 14.2 Å². The van der Waals surface area contributed by atoms with Gasteiger partial charge in [-0.2, -0.15) is 0 Å². The zero-order valence-corrected chi connectivity index (χ0v) is 15.4. The third-order valence-electron chi connectivity index (χ3n) is 4.04. The van der Waals surface area contributed by atoms with E-state index >= 15 is 0 Å². The number of hydrogen-bond donors (Lipinski definition) is 1. The first-order chi connectivity index (χ1) is 12.0. The standard InChI is InChI=1S/C19H17Cl2NO3/c1-22(10-12-3-4-14(20)8-17(12)21)11-13-7-19(23)25-18-9-15(24-2)5-6-16(13)18/h3-9H,10-11H2,1-2H3/p+1. The molecule has 3 aromatic rings. The summed E-state index contributed by atoms with van der Waals surface area (Å²) < 4.78 is 10.5. The van der Waals surface area contributed by atoms with Gasteiger partial charge in [0.05, 0.1) is 19.2 Å². The van der Waals surface area contributed by atoms with Gasteiger partial charge in [-0.3, -0.25) is 0 Å². The Balaban J connectivity index is 1.87. The summed E-state index contributed by atoms with van der Waals surface area (Å²) in [7, 11) is 3.63. The number of quaternary nitrogens is 1. The van der Waals surface area contributed by atoms with E-state index in [0.29, 0.717) is 34.5 Å². The summed E-state index contributed by atoms with van der Waals surface area (Å²) in [5.41, 5.74) is 2.10. The van der Waals surface area contributed by atoms with Crippen LogP contribution in [0.2, 0.25) is 10.0 Å². The summed E-state index contributed by atoms with van der Waals surface area (Å²) >= 11 is 12.2. The van der Waals surface area contributed by atoms with Crippen LogP contribution < -0.4 is 15.3 Å². The van der Waals surface area contributed by atoms with Gasteiger partial charge in [0.1, 0.15) is 24.4 Å². The van der Waals surface area contributed by atoms with Crippen LogP contribution in [0.5, 0.6) is 5.75 Å². The molecule has 0 fully saturated rings. The maximum absolute atomic E-state index is 11.9. The predicted octanol–water partition coefficient (Wildman–Crippen LogP) is 3.32. The molecule has 0 aliphatic carbocycles. The second-order valence-corrected chi connectivity index (χ2v) is 6.84. The Kier molecular flexibility index (Phi) is 5.33. The van der Waals surface area contributed by atoms with Crippen molar-refractivity contribution in [1.82, 2.24) is 0 Å². The number of nitrogens with one attached hydrogen (secondary N) is 1. The van der Waals surface area contributed by atoms with E-state index in [-0.39, 0.29) is 5.63 Å². The molecule has 1 unspecified atom stereocenters. The maximum atomic E-state index is 11.9. The van der Waals surface area contributed by atoms with Gasteiger partial charge in [-0.05, 0) is 24.3 Å². The number of halogens is 2. The van der Waals surface area contributed by atoms with Gasteiger partial charge in [-0.25, -0.2) is 4.79 Å². The summed E-state index contributed by atoms with van der Waals surface area (Å²) in [5.74, 6) is 0.654. The third kappa shape index (κ3) is 4.15. The Morgan fingerprint density at radius 3 is 2.52 bits per heavy atom. The lowest BCUT2D eigenvalue weighted by molar-refractivity contribution is -0.907. The summed E-state index contributed by atoms with van der Waals surface area (Å²) in [4.78, 5) is 13.1. The molecule has 1 heterocycles. The van der Waals surface area contributed by atoms with Gasteiger partial charge in [-0.15, -0.1) is 0 Å². The van der Waals surface area contributed by atoms with Gasteiger partial charge in [0.2, 0.25) is 0 Å². The Labute approximate surface area is 155 Å². The van der Waals surface area contributed by atoms with Crippen molar-refractivity contribution in [3.63, 3.8) is 0 Å². The van der Waals surface area contributed by atoms with Gasteiger partial charge in [0, 0.05) is 33.7 Å². The molecule has 0 amide bonds. The first kappa shape index (κ1) is 17.8. The van der Waals surface area contributed by atoms with Crippen LogP contribution in [0, 0.1) is 0 Å². The van der Waals surface area contributed by atoms with E-state index in [0.717, 1.165) is 16.5 Å². The minimum absolute atomic E-state index is 0.368. The molecule has 4 nitrogen and oxygen atoms in total. The lowest BCUT2D eigenvalue weighted by atomic mass is 10.1. The highest BCUT2D eigenvalue weighted by Crippen LogP contribution is 2.23. The average Bonchev–Trinajstić information content (AvgIpc) is 2.56. The fourth-order valence-corrected chi connectivity index (χ4v) is 3.34. The van der Waals surface area contributed by atoms with Crippen molar-refractivity contribution in [3.8, 4) is 5.75 Å². The number of ether oxygens (including phenoxy) is 1. The van der Waals surface area contributed by atoms with E-state index in [9.17, 15) is 4.79 Å². The molecule has 2 aromatic carbocycles. The molecule has 0 bridgehead atoms. The minimum atomic E-state index is -0.368. The van der Waals surface area contributed by atoms with Crippen molar-refractivity contribution < 1.29 is 14.1 Å². The van der Waals surface area contributed by atoms with E-state index in [1.165, 1.54) is 4.90 Å². The molecule has 1 atom stereocenters. The third-order valence-corrected chi connectivity index (χ3v) is 4.62. The van der Waals surface area contributed by atoms with E-state index in [2.05, 4.69) is 7.05 Å². The average molecular weight is 379 g/mol. The molecule has 6 heteroatoms. The van der Waals surface area contributed by atoms with Crippen LogP contribution in [0.25, 0.3) is 11.0 Å². The molecule has 130 valence electrons. The van der Waals surface area contributed by atoms with Gasteiger partial charge < -0.3 is 14.1 Å². The molecule has 0 radical (unpaired) electrons. The van der Waals surface area contributed by atoms with E-state index in [4.69, 9.17) is 32.4 Å². The Morgan fingerprint density at radius 2 is 1.80 bits per heavy atom. The number of hydrogen-bond acceptors (Lipinski definition) is 3. The van der Waals surface area contributed by atoms with Gasteiger partial charge in [-0.1, -0.05) is 29.3 Å². The van der Waals surface area contributed by atoms with E-state index in [1.54, 1.807) is 25.3 Å². The van der Waals surface area contributed by atoms with Crippen molar-refractivity contribution in [2.24, 2.45) is 0 Å². The molecule has 1 N–H and O–H groups in total.